The highest BCUT2D eigenvalue weighted by Gasteiger charge is 1.93. The summed E-state index contributed by atoms with van der Waals surface area (Å²) in [5.41, 5.74) is 6.19. The highest BCUT2D eigenvalue weighted by atomic mass is 79.9. The summed E-state index contributed by atoms with van der Waals surface area (Å²) < 4.78 is 0. The molecule has 0 aliphatic rings. The van der Waals surface area contributed by atoms with E-state index in [0.717, 1.165) is 5.69 Å². The molecule has 0 amide bonds. The Morgan fingerprint density at radius 3 is 2.67 bits per heavy atom. The van der Waals surface area contributed by atoms with Crippen LogP contribution in [0.5, 0.6) is 5.75 Å². The molecule has 0 unspecified atom stereocenters. The zero-order chi connectivity index (χ0) is 8.27. The Morgan fingerprint density at radius 1 is 1.50 bits per heavy atom. The minimum absolute atomic E-state index is 0. The molecule has 4 N–H and O–H groups in total. The van der Waals surface area contributed by atoms with Gasteiger partial charge in [0, 0.05) is 13.0 Å². The van der Waals surface area contributed by atoms with Gasteiger partial charge in [-0.1, -0.05) is 6.07 Å². The molecule has 0 saturated heterocycles. The molecule has 1 aromatic carbocycles. The first kappa shape index (κ1) is 11.0. The van der Waals surface area contributed by atoms with Gasteiger partial charge < -0.3 is 22.1 Å². The fourth-order valence-electron chi connectivity index (χ4n) is 0.811. The van der Waals surface area contributed by atoms with Gasteiger partial charge in [-0.2, -0.15) is 0 Å². The Labute approximate surface area is 81.7 Å². The number of hydrogen-bond acceptors (Lipinski definition) is 1. The van der Waals surface area contributed by atoms with Crippen molar-refractivity contribution in [2.24, 2.45) is 5.73 Å². The van der Waals surface area contributed by atoms with Crippen molar-refractivity contribution in [1.29, 1.82) is 0 Å². The third-order valence-corrected chi connectivity index (χ3v) is 1.19. The van der Waals surface area contributed by atoms with Crippen LogP contribution in [0, 0.1) is 0 Å². The topological polar surface area (TPSA) is 60.2 Å². The molecule has 4 heteroatoms. The molecule has 1 aromatic rings. The van der Waals surface area contributed by atoms with Crippen LogP contribution in [0.4, 0.5) is 5.69 Å². The van der Waals surface area contributed by atoms with E-state index in [1.54, 1.807) is 25.1 Å². The lowest BCUT2D eigenvalue weighted by molar-refractivity contribution is -0.355. The Balaban J connectivity index is 0.00000121. The predicted molar refractivity (Wildman–Crippen MR) is 43.6 cm³/mol. The van der Waals surface area contributed by atoms with Crippen molar-refractivity contribution in [3.63, 3.8) is 0 Å². The van der Waals surface area contributed by atoms with Crippen molar-refractivity contribution in [2.75, 3.05) is 0 Å². The van der Waals surface area contributed by atoms with E-state index in [0.29, 0.717) is 5.84 Å². The van der Waals surface area contributed by atoms with Gasteiger partial charge in [0.1, 0.15) is 11.4 Å². The predicted octanol–water partition coefficient (Wildman–Crippen LogP) is -3.51. The molecular weight excluding hydrogens is 220 g/mol. The van der Waals surface area contributed by atoms with Gasteiger partial charge in [-0.25, -0.2) is 4.99 Å². The molecule has 1 rings (SSSR count). The summed E-state index contributed by atoms with van der Waals surface area (Å²) in [6.45, 7) is 1.75. The zero-order valence-corrected chi connectivity index (χ0v) is 8.30. The first-order chi connectivity index (χ1) is 5.18. The largest absolute Gasteiger partial charge is 1.00 e. The van der Waals surface area contributed by atoms with Gasteiger partial charge in [-0.3, -0.25) is 5.73 Å². The van der Waals surface area contributed by atoms with Crippen LogP contribution >= 0.6 is 0 Å². The first-order valence-corrected chi connectivity index (χ1v) is 3.33. The molecule has 0 saturated carbocycles. The number of aromatic hydroxyl groups is 1. The van der Waals surface area contributed by atoms with Crippen molar-refractivity contribution in [3.8, 4) is 5.75 Å². The molecule has 0 fully saturated rings. The number of nitrogens with one attached hydrogen (secondary N) is 1. The van der Waals surface area contributed by atoms with Crippen LogP contribution in [0.15, 0.2) is 24.3 Å². The first-order valence-electron chi connectivity index (χ1n) is 3.33. The van der Waals surface area contributed by atoms with E-state index in [-0.39, 0.29) is 22.7 Å². The molecule has 0 atom stereocenters. The molecule has 66 valence electrons. The van der Waals surface area contributed by atoms with Crippen molar-refractivity contribution < 1.29 is 27.1 Å². The highest BCUT2D eigenvalue weighted by molar-refractivity contribution is 5.72. The van der Waals surface area contributed by atoms with Crippen molar-refractivity contribution in [2.45, 2.75) is 6.92 Å². The Hall–Kier alpha value is -1.03. The molecule has 0 bridgehead atoms. The van der Waals surface area contributed by atoms with Crippen LogP contribution < -0.4 is 27.7 Å². The van der Waals surface area contributed by atoms with E-state index < -0.39 is 0 Å². The highest BCUT2D eigenvalue weighted by Crippen LogP contribution is 2.09. The standard InChI is InChI=1S/C8H10N2O.BrH/c1-6(9)10-7-3-2-4-8(11)5-7;/h2-5,11H,1H3,(H2,9,10);1H. The van der Waals surface area contributed by atoms with E-state index in [1.165, 1.54) is 0 Å². The number of nitrogens with two attached hydrogens (primary N) is 1. The van der Waals surface area contributed by atoms with E-state index in [9.17, 15) is 0 Å². The lowest BCUT2D eigenvalue weighted by Gasteiger charge is -1.91. The summed E-state index contributed by atoms with van der Waals surface area (Å²) >= 11 is 0. The lowest BCUT2D eigenvalue weighted by atomic mass is 10.3. The van der Waals surface area contributed by atoms with Gasteiger partial charge in [0.05, 0.1) is 0 Å². The summed E-state index contributed by atoms with van der Waals surface area (Å²) in [4.78, 5) is 2.88. The Morgan fingerprint density at radius 2 is 2.17 bits per heavy atom. The SMILES string of the molecule is CC(N)=[NH+]c1cccc(O)c1.[Br-]. The number of phenols is 1. The molecule has 0 aliphatic carbocycles. The summed E-state index contributed by atoms with van der Waals surface area (Å²) in [5.74, 6) is 0.840. The van der Waals surface area contributed by atoms with E-state index in [4.69, 9.17) is 10.8 Å². The molecule has 0 radical (unpaired) electrons. The van der Waals surface area contributed by atoms with Crippen LogP contribution in [0.3, 0.4) is 0 Å². The Kier molecular flexibility index (Phi) is 4.36. The summed E-state index contributed by atoms with van der Waals surface area (Å²) in [6, 6.07) is 6.80. The summed E-state index contributed by atoms with van der Waals surface area (Å²) in [5, 5.41) is 9.04. The van der Waals surface area contributed by atoms with Crippen LogP contribution in [0.25, 0.3) is 0 Å². The fourth-order valence-corrected chi connectivity index (χ4v) is 0.811. The third kappa shape index (κ3) is 3.39. The number of hydrogen-bond donors (Lipinski definition) is 3. The minimum Gasteiger partial charge on any atom is -1.00 e. The van der Waals surface area contributed by atoms with E-state index >= 15 is 0 Å². The number of phenolic OH excluding ortho intramolecular Hbond substituents is 1. The molecule has 12 heavy (non-hydrogen) atoms. The van der Waals surface area contributed by atoms with Gasteiger partial charge in [0.25, 0.3) is 0 Å². The lowest BCUT2D eigenvalue weighted by Crippen LogP contribution is -3.00. The second kappa shape index (κ2) is 4.77. The zero-order valence-electron chi connectivity index (χ0n) is 6.71. The second-order valence-electron chi connectivity index (χ2n) is 2.36. The maximum atomic E-state index is 9.04. The molecule has 0 aromatic heterocycles. The maximum Gasteiger partial charge on any atom is 0.242 e. The van der Waals surface area contributed by atoms with Crippen molar-refractivity contribution in [3.05, 3.63) is 24.3 Å². The third-order valence-electron chi connectivity index (χ3n) is 1.19. The number of rotatable bonds is 1. The van der Waals surface area contributed by atoms with Crippen LogP contribution in [0.2, 0.25) is 0 Å². The quantitative estimate of drug-likeness (QED) is 0.347. The summed E-state index contributed by atoms with van der Waals surface area (Å²) in [6.07, 6.45) is 0. The van der Waals surface area contributed by atoms with Gasteiger partial charge in [0.15, 0.2) is 0 Å². The van der Waals surface area contributed by atoms with Crippen molar-refractivity contribution in [1.82, 2.24) is 0 Å². The van der Waals surface area contributed by atoms with Gasteiger partial charge in [0.2, 0.25) is 5.84 Å². The van der Waals surface area contributed by atoms with Gasteiger partial charge in [-0.05, 0) is 12.1 Å². The van der Waals surface area contributed by atoms with E-state index in [2.05, 4.69) is 4.99 Å². The van der Waals surface area contributed by atoms with Gasteiger partial charge >= 0.3 is 0 Å². The number of benzene rings is 1. The Bertz CT molecular complexity index is 282. The molecule has 0 aliphatic heterocycles. The van der Waals surface area contributed by atoms with Gasteiger partial charge in [-0.15, -0.1) is 0 Å². The maximum absolute atomic E-state index is 9.04. The average Bonchev–Trinajstić information content (AvgIpc) is 1.85. The van der Waals surface area contributed by atoms with Crippen LogP contribution in [0.1, 0.15) is 6.92 Å². The second-order valence-corrected chi connectivity index (χ2v) is 2.36. The monoisotopic (exact) mass is 230 g/mol. The molecule has 0 heterocycles. The van der Waals surface area contributed by atoms with E-state index in [1.807, 2.05) is 6.07 Å². The average molecular weight is 231 g/mol. The normalized spacial score (nSPS) is 10.6. The molecule has 3 nitrogen and oxygen atoms in total. The molecular formula is C8H11BrN2O. The van der Waals surface area contributed by atoms with Crippen LogP contribution in [-0.2, 0) is 0 Å². The number of amidine groups is 1. The van der Waals surface area contributed by atoms with Crippen molar-refractivity contribution >= 4 is 11.5 Å². The molecule has 0 spiro atoms. The summed E-state index contributed by atoms with van der Waals surface area (Å²) in [7, 11) is 0. The minimum atomic E-state index is 0. The smallest absolute Gasteiger partial charge is 0.242 e. The fraction of sp³-hybridized carbons (Fsp3) is 0.125. The number of halogens is 1. The van der Waals surface area contributed by atoms with Crippen LogP contribution in [-0.4, -0.2) is 10.9 Å².